The van der Waals surface area contributed by atoms with E-state index in [1.54, 1.807) is 0 Å². The SMILES string of the molecule is CCCNCC(=O)Nc1ccc2c(c1)CCC2. The lowest BCUT2D eigenvalue weighted by atomic mass is 10.1. The summed E-state index contributed by atoms with van der Waals surface area (Å²) < 4.78 is 0. The first-order chi connectivity index (χ1) is 8.29. The number of hydrogen-bond donors (Lipinski definition) is 2. The molecule has 0 bridgehead atoms. The fourth-order valence-electron chi connectivity index (χ4n) is 2.23. The second kappa shape index (κ2) is 5.82. The van der Waals surface area contributed by atoms with Gasteiger partial charge in [-0.1, -0.05) is 13.0 Å². The fraction of sp³-hybridized carbons (Fsp3) is 0.500. The summed E-state index contributed by atoms with van der Waals surface area (Å²) in [6, 6.07) is 6.25. The van der Waals surface area contributed by atoms with Gasteiger partial charge in [-0.05, 0) is 55.5 Å². The molecule has 1 aromatic carbocycles. The van der Waals surface area contributed by atoms with Crippen molar-refractivity contribution < 1.29 is 4.79 Å². The zero-order valence-electron chi connectivity index (χ0n) is 10.4. The monoisotopic (exact) mass is 232 g/mol. The maximum atomic E-state index is 11.6. The minimum atomic E-state index is 0.0383. The normalized spacial score (nSPS) is 13.5. The second-order valence-electron chi connectivity index (χ2n) is 4.56. The van der Waals surface area contributed by atoms with Gasteiger partial charge in [0.25, 0.3) is 0 Å². The number of anilines is 1. The molecule has 3 heteroatoms. The van der Waals surface area contributed by atoms with Crippen LogP contribution in [-0.2, 0) is 17.6 Å². The Balaban J connectivity index is 1.88. The smallest absolute Gasteiger partial charge is 0.238 e. The minimum absolute atomic E-state index is 0.0383. The van der Waals surface area contributed by atoms with E-state index < -0.39 is 0 Å². The van der Waals surface area contributed by atoms with Crippen molar-refractivity contribution in [2.24, 2.45) is 0 Å². The van der Waals surface area contributed by atoms with Crippen molar-refractivity contribution in [1.29, 1.82) is 0 Å². The molecule has 92 valence electrons. The van der Waals surface area contributed by atoms with Crippen LogP contribution in [0.5, 0.6) is 0 Å². The second-order valence-corrected chi connectivity index (χ2v) is 4.56. The third-order valence-corrected chi connectivity index (χ3v) is 3.09. The lowest BCUT2D eigenvalue weighted by Crippen LogP contribution is -2.28. The van der Waals surface area contributed by atoms with E-state index in [4.69, 9.17) is 0 Å². The molecule has 2 N–H and O–H groups in total. The summed E-state index contributed by atoms with van der Waals surface area (Å²) in [6.07, 6.45) is 4.62. The van der Waals surface area contributed by atoms with Crippen LogP contribution in [0.15, 0.2) is 18.2 Å². The molecular formula is C14H20N2O. The molecule has 0 aliphatic heterocycles. The molecule has 1 amide bonds. The van der Waals surface area contributed by atoms with Gasteiger partial charge in [-0.3, -0.25) is 4.79 Å². The molecule has 2 rings (SSSR count). The van der Waals surface area contributed by atoms with Gasteiger partial charge < -0.3 is 10.6 Å². The molecule has 0 fully saturated rings. The fourth-order valence-corrected chi connectivity index (χ4v) is 2.23. The van der Waals surface area contributed by atoms with E-state index in [2.05, 4.69) is 29.7 Å². The summed E-state index contributed by atoms with van der Waals surface area (Å²) in [7, 11) is 0. The van der Waals surface area contributed by atoms with Crippen LogP contribution < -0.4 is 10.6 Å². The Kier molecular flexibility index (Phi) is 4.15. The zero-order chi connectivity index (χ0) is 12.1. The standard InChI is InChI=1S/C14H20N2O/c1-2-8-15-10-14(17)16-13-7-6-11-4-3-5-12(11)9-13/h6-7,9,15H,2-5,8,10H2,1H3,(H,16,17). The van der Waals surface area contributed by atoms with Crippen molar-refractivity contribution in [2.75, 3.05) is 18.4 Å². The van der Waals surface area contributed by atoms with Crippen LogP contribution in [0, 0.1) is 0 Å². The van der Waals surface area contributed by atoms with Crippen LogP contribution in [0.1, 0.15) is 30.9 Å². The van der Waals surface area contributed by atoms with Crippen LogP contribution in [0.3, 0.4) is 0 Å². The maximum Gasteiger partial charge on any atom is 0.238 e. The first kappa shape index (κ1) is 12.1. The number of carbonyl (C=O) groups is 1. The minimum Gasteiger partial charge on any atom is -0.325 e. The summed E-state index contributed by atoms with van der Waals surface area (Å²) >= 11 is 0. The summed E-state index contributed by atoms with van der Waals surface area (Å²) in [5.74, 6) is 0.0383. The van der Waals surface area contributed by atoms with Crippen LogP contribution in [-0.4, -0.2) is 19.0 Å². The molecule has 1 aliphatic carbocycles. The number of nitrogens with one attached hydrogen (secondary N) is 2. The molecule has 0 radical (unpaired) electrons. The van der Waals surface area contributed by atoms with E-state index in [0.717, 1.165) is 25.1 Å². The maximum absolute atomic E-state index is 11.6. The lowest BCUT2D eigenvalue weighted by Gasteiger charge is -2.08. The van der Waals surface area contributed by atoms with Crippen LogP contribution in [0.4, 0.5) is 5.69 Å². The summed E-state index contributed by atoms with van der Waals surface area (Å²) in [4.78, 5) is 11.6. The Morgan fingerprint density at radius 2 is 2.12 bits per heavy atom. The van der Waals surface area contributed by atoms with Gasteiger partial charge >= 0.3 is 0 Å². The van der Waals surface area contributed by atoms with Gasteiger partial charge in [-0.15, -0.1) is 0 Å². The van der Waals surface area contributed by atoms with E-state index >= 15 is 0 Å². The number of carbonyl (C=O) groups excluding carboxylic acids is 1. The average Bonchev–Trinajstić information content (AvgIpc) is 2.76. The lowest BCUT2D eigenvalue weighted by molar-refractivity contribution is -0.115. The van der Waals surface area contributed by atoms with Gasteiger partial charge in [0.05, 0.1) is 6.54 Å². The topological polar surface area (TPSA) is 41.1 Å². The van der Waals surface area contributed by atoms with Crippen molar-refractivity contribution in [1.82, 2.24) is 5.32 Å². The van der Waals surface area contributed by atoms with E-state index in [1.807, 2.05) is 6.07 Å². The number of benzene rings is 1. The molecule has 0 heterocycles. The third-order valence-electron chi connectivity index (χ3n) is 3.09. The molecule has 1 aliphatic rings. The Morgan fingerprint density at radius 3 is 2.94 bits per heavy atom. The predicted molar refractivity (Wildman–Crippen MR) is 70.3 cm³/mol. The highest BCUT2D eigenvalue weighted by atomic mass is 16.1. The van der Waals surface area contributed by atoms with Gasteiger partial charge in [0.2, 0.25) is 5.91 Å². The van der Waals surface area contributed by atoms with Gasteiger partial charge in [0.15, 0.2) is 0 Å². The molecule has 0 atom stereocenters. The van der Waals surface area contributed by atoms with Crippen molar-refractivity contribution in [3.8, 4) is 0 Å². The quantitative estimate of drug-likeness (QED) is 0.763. The molecule has 0 aromatic heterocycles. The third kappa shape index (κ3) is 3.30. The summed E-state index contributed by atoms with van der Waals surface area (Å²) in [5, 5.41) is 6.02. The first-order valence-electron chi connectivity index (χ1n) is 6.42. The van der Waals surface area contributed by atoms with Gasteiger partial charge in [0, 0.05) is 5.69 Å². The molecule has 0 saturated carbocycles. The van der Waals surface area contributed by atoms with Crippen LogP contribution >= 0.6 is 0 Å². The summed E-state index contributed by atoms with van der Waals surface area (Å²) in [6.45, 7) is 3.37. The highest BCUT2D eigenvalue weighted by Gasteiger charge is 2.11. The number of fused-ring (bicyclic) bond motifs is 1. The molecule has 17 heavy (non-hydrogen) atoms. The van der Waals surface area contributed by atoms with E-state index in [0.29, 0.717) is 6.54 Å². The number of amides is 1. The van der Waals surface area contributed by atoms with Crippen molar-refractivity contribution in [2.45, 2.75) is 32.6 Å². The Hall–Kier alpha value is -1.35. The highest BCUT2D eigenvalue weighted by Crippen LogP contribution is 2.24. The van der Waals surface area contributed by atoms with Gasteiger partial charge in [-0.2, -0.15) is 0 Å². The largest absolute Gasteiger partial charge is 0.325 e. The predicted octanol–water partition coefficient (Wildman–Crippen LogP) is 2.11. The van der Waals surface area contributed by atoms with E-state index in [-0.39, 0.29) is 5.91 Å². The Morgan fingerprint density at radius 1 is 1.29 bits per heavy atom. The molecule has 0 unspecified atom stereocenters. The van der Waals surface area contributed by atoms with Crippen LogP contribution in [0.25, 0.3) is 0 Å². The number of aryl methyl sites for hydroxylation is 2. The Labute approximate surface area is 103 Å². The molecule has 1 aromatic rings. The van der Waals surface area contributed by atoms with Crippen LogP contribution in [0.2, 0.25) is 0 Å². The molecule has 3 nitrogen and oxygen atoms in total. The molecule has 0 saturated heterocycles. The van der Waals surface area contributed by atoms with Gasteiger partial charge in [0.1, 0.15) is 0 Å². The average molecular weight is 232 g/mol. The van der Waals surface area contributed by atoms with E-state index in [9.17, 15) is 4.79 Å². The van der Waals surface area contributed by atoms with Gasteiger partial charge in [-0.25, -0.2) is 0 Å². The Bertz CT molecular complexity index is 401. The highest BCUT2D eigenvalue weighted by molar-refractivity contribution is 5.92. The van der Waals surface area contributed by atoms with E-state index in [1.165, 1.54) is 24.0 Å². The summed E-state index contributed by atoms with van der Waals surface area (Å²) in [5.41, 5.74) is 3.75. The molecular weight excluding hydrogens is 212 g/mol. The number of rotatable bonds is 5. The van der Waals surface area contributed by atoms with Crippen molar-refractivity contribution in [3.63, 3.8) is 0 Å². The van der Waals surface area contributed by atoms with Crippen molar-refractivity contribution in [3.05, 3.63) is 29.3 Å². The zero-order valence-corrected chi connectivity index (χ0v) is 10.4. The molecule has 0 spiro atoms. The van der Waals surface area contributed by atoms with Crippen molar-refractivity contribution >= 4 is 11.6 Å². The number of hydrogen-bond acceptors (Lipinski definition) is 2. The first-order valence-corrected chi connectivity index (χ1v) is 6.42.